The predicted molar refractivity (Wildman–Crippen MR) is 84.6 cm³/mol. The van der Waals surface area contributed by atoms with E-state index in [-0.39, 0.29) is 25.4 Å². The molecule has 2 atom stereocenters. The second-order valence-electron chi connectivity index (χ2n) is 4.69. The van der Waals surface area contributed by atoms with Gasteiger partial charge in [0, 0.05) is 16.5 Å². The topological polar surface area (TPSA) is 61.8 Å². The van der Waals surface area contributed by atoms with Gasteiger partial charge in [-0.05, 0) is 31.5 Å². The Kier molecular flexibility index (Phi) is 6.06. The molecular formula is C14H17Cl2O5P. The Morgan fingerprint density at radius 2 is 1.91 bits per heavy atom. The first-order valence-corrected chi connectivity index (χ1v) is 9.30. The molecule has 0 aliphatic carbocycles. The third kappa shape index (κ3) is 3.73. The van der Waals surface area contributed by atoms with Crippen LogP contribution in [0.4, 0.5) is 0 Å². The van der Waals surface area contributed by atoms with E-state index >= 15 is 0 Å². The molecule has 1 aromatic carbocycles. The van der Waals surface area contributed by atoms with Crippen molar-refractivity contribution in [1.82, 2.24) is 0 Å². The van der Waals surface area contributed by atoms with Crippen LogP contribution < -0.4 is 0 Å². The maximum atomic E-state index is 12.7. The van der Waals surface area contributed by atoms with E-state index in [4.69, 9.17) is 37.0 Å². The van der Waals surface area contributed by atoms with Crippen LogP contribution in [0.3, 0.4) is 0 Å². The summed E-state index contributed by atoms with van der Waals surface area (Å²) in [5.41, 5.74) is 0.626. The Morgan fingerprint density at radius 3 is 2.45 bits per heavy atom. The summed E-state index contributed by atoms with van der Waals surface area (Å²) in [5.74, 6) is -1.54. The van der Waals surface area contributed by atoms with Crippen molar-refractivity contribution in [3.63, 3.8) is 0 Å². The molecule has 122 valence electrons. The van der Waals surface area contributed by atoms with Crippen LogP contribution in [-0.2, 0) is 23.1 Å². The lowest BCUT2D eigenvalue weighted by Crippen LogP contribution is -2.19. The number of ketones is 1. The van der Waals surface area contributed by atoms with E-state index in [9.17, 15) is 9.36 Å². The number of rotatable bonds is 6. The van der Waals surface area contributed by atoms with E-state index in [0.29, 0.717) is 15.6 Å². The molecule has 1 aromatic rings. The van der Waals surface area contributed by atoms with Crippen molar-refractivity contribution in [2.75, 3.05) is 13.2 Å². The van der Waals surface area contributed by atoms with Gasteiger partial charge in [-0.2, -0.15) is 0 Å². The van der Waals surface area contributed by atoms with Crippen LogP contribution in [0.2, 0.25) is 10.0 Å². The first-order chi connectivity index (χ1) is 10.4. The summed E-state index contributed by atoms with van der Waals surface area (Å²) in [7, 11) is -3.65. The Bertz CT molecular complexity index is 597. The van der Waals surface area contributed by atoms with Crippen molar-refractivity contribution >= 4 is 36.6 Å². The quantitative estimate of drug-likeness (QED) is 0.687. The van der Waals surface area contributed by atoms with E-state index in [0.717, 1.165) is 0 Å². The number of carbonyl (C=O) groups is 1. The van der Waals surface area contributed by atoms with Crippen molar-refractivity contribution in [2.45, 2.75) is 32.2 Å². The monoisotopic (exact) mass is 366 g/mol. The minimum atomic E-state index is -3.65. The molecule has 0 aromatic heterocycles. The zero-order valence-electron chi connectivity index (χ0n) is 12.3. The molecule has 1 heterocycles. The van der Waals surface area contributed by atoms with Gasteiger partial charge in [-0.15, -0.1) is 0 Å². The van der Waals surface area contributed by atoms with E-state index in [1.807, 2.05) is 0 Å². The third-order valence-electron chi connectivity index (χ3n) is 3.17. The van der Waals surface area contributed by atoms with E-state index in [1.165, 1.54) is 0 Å². The third-order valence-corrected chi connectivity index (χ3v) is 5.95. The average molecular weight is 367 g/mol. The van der Waals surface area contributed by atoms with Crippen molar-refractivity contribution in [1.29, 1.82) is 0 Å². The summed E-state index contributed by atoms with van der Waals surface area (Å²) in [6.07, 6.45) is -0.521. The van der Waals surface area contributed by atoms with Gasteiger partial charge in [-0.25, -0.2) is 0 Å². The first-order valence-electron chi connectivity index (χ1n) is 6.93. The zero-order chi connectivity index (χ0) is 16.3. The second kappa shape index (κ2) is 7.43. The summed E-state index contributed by atoms with van der Waals surface area (Å²) >= 11 is 12.0. The van der Waals surface area contributed by atoms with Crippen LogP contribution in [0.25, 0.3) is 0 Å². The molecule has 2 rings (SSSR count). The predicted octanol–water partition coefficient (Wildman–Crippen LogP) is 4.62. The number of Topliss-reactive ketones (excluding diaryl/α,β-unsaturated/α-hetero) is 1. The van der Waals surface area contributed by atoms with Gasteiger partial charge in [-0.3, -0.25) is 9.36 Å². The minimum absolute atomic E-state index is 0.0656. The largest absolute Gasteiger partial charge is 0.366 e. The fraction of sp³-hybridized carbons (Fsp3) is 0.500. The normalized spacial score (nSPS) is 22.3. The van der Waals surface area contributed by atoms with Crippen LogP contribution in [0.5, 0.6) is 0 Å². The van der Waals surface area contributed by atoms with Crippen LogP contribution in [-0.4, -0.2) is 24.8 Å². The maximum Gasteiger partial charge on any atom is 0.366 e. The summed E-state index contributed by atoms with van der Waals surface area (Å²) in [5, 5.41) is 0.887. The Morgan fingerprint density at radius 1 is 1.27 bits per heavy atom. The van der Waals surface area contributed by atoms with Gasteiger partial charge in [-0.1, -0.05) is 29.3 Å². The number of halogens is 2. The highest BCUT2D eigenvalue weighted by atomic mass is 35.5. The van der Waals surface area contributed by atoms with Gasteiger partial charge in [0.25, 0.3) is 0 Å². The van der Waals surface area contributed by atoms with Crippen LogP contribution >= 0.6 is 30.8 Å². The average Bonchev–Trinajstić information content (AvgIpc) is 2.82. The molecule has 1 saturated heterocycles. The smallest absolute Gasteiger partial charge is 0.350 e. The lowest BCUT2D eigenvalue weighted by Gasteiger charge is -2.22. The number of ether oxygens (including phenoxy) is 1. The van der Waals surface area contributed by atoms with Gasteiger partial charge in [0.1, 0.15) is 0 Å². The fourth-order valence-electron chi connectivity index (χ4n) is 2.29. The Hall–Kier alpha value is -0.420. The first kappa shape index (κ1) is 17.9. The molecule has 0 N–H and O–H groups in total. The molecule has 0 saturated carbocycles. The summed E-state index contributed by atoms with van der Waals surface area (Å²) < 4.78 is 28.7. The minimum Gasteiger partial charge on any atom is -0.350 e. The fourth-order valence-corrected chi connectivity index (χ4v) is 4.64. The van der Waals surface area contributed by atoms with Crippen LogP contribution in [0, 0.1) is 0 Å². The van der Waals surface area contributed by atoms with Crippen molar-refractivity contribution in [3.05, 3.63) is 33.8 Å². The van der Waals surface area contributed by atoms with E-state index in [1.54, 1.807) is 32.0 Å². The SMILES string of the molecule is CCOP(=O)(OCC)C1O[C@@H](c2ccc(Cl)cc2Cl)CC1=O. The molecule has 1 aliphatic heterocycles. The standard InChI is InChI=1S/C14H17Cl2O5P/c1-3-19-22(18,20-4-2)14-12(17)8-13(21-14)10-6-5-9(15)7-11(10)16/h5-7,13-14H,3-4,8H2,1-2H3/t13-,14?/m1/s1. The molecule has 1 aliphatic rings. The number of benzene rings is 1. The molecule has 0 radical (unpaired) electrons. The van der Waals surface area contributed by atoms with Crippen LogP contribution in [0.15, 0.2) is 18.2 Å². The van der Waals surface area contributed by atoms with Gasteiger partial charge in [0.2, 0.25) is 5.85 Å². The molecular weight excluding hydrogens is 350 g/mol. The van der Waals surface area contributed by atoms with Gasteiger partial charge >= 0.3 is 7.60 Å². The molecule has 1 unspecified atom stereocenters. The molecule has 5 nitrogen and oxygen atoms in total. The second-order valence-corrected chi connectivity index (χ2v) is 7.60. The van der Waals surface area contributed by atoms with E-state index < -0.39 is 19.5 Å². The Balaban J connectivity index is 2.24. The number of hydrogen-bond donors (Lipinski definition) is 0. The summed E-state index contributed by atoms with van der Waals surface area (Å²) in [4.78, 5) is 12.2. The lowest BCUT2D eigenvalue weighted by atomic mass is 10.1. The number of hydrogen-bond acceptors (Lipinski definition) is 5. The zero-order valence-corrected chi connectivity index (χ0v) is 14.7. The van der Waals surface area contributed by atoms with Gasteiger partial charge in [0.15, 0.2) is 5.78 Å². The molecule has 0 spiro atoms. The lowest BCUT2D eigenvalue weighted by molar-refractivity contribution is -0.120. The van der Waals surface area contributed by atoms with Gasteiger partial charge in [0.05, 0.1) is 19.3 Å². The Labute approximate surface area is 139 Å². The molecule has 1 fully saturated rings. The van der Waals surface area contributed by atoms with E-state index in [2.05, 4.69) is 0 Å². The van der Waals surface area contributed by atoms with Crippen molar-refractivity contribution in [2.24, 2.45) is 0 Å². The van der Waals surface area contributed by atoms with Crippen LogP contribution in [0.1, 0.15) is 31.9 Å². The van der Waals surface area contributed by atoms with Crippen molar-refractivity contribution < 1.29 is 23.1 Å². The molecule has 22 heavy (non-hydrogen) atoms. The highest BCUT2D eigenvalue weighted by molar-refractivity contribution is 7.55. The van der Waals surface area contributed by atoms with Crippen molar-refractivity contribution in [3.8, 4) is 0 Å². The maximum absolute atomic E-state index is 12.7. The highest BCUT2D eigenvalue weighted by Crippen LogP contribution is 2.58. The molecule has 0 amide bonds. The highest BCUT2D eigenvalue weighted by Gasteiger charge is 2.49. The van der Waals surface area contributed by atoms with Gasteiger partial charge < -0.3 is 13.8 Å². The molecule has 0 bridgehead atoms. The number of carbonyl (C=O) groups excluding carboxylic acids is 1. The molecule has 8 heteroatoms. The summed E-state index contributed by atoms with van der Waals surface area (Å²) in [6, 6.07) is 4.93. The summed E-state index contributed by atoms with van der Waals surface area (Å²) in [6.45, 7) is 3.69.